The number of amides is 1. The standard InChI is InChI=1S/C28H26N6O3/c1-17-7-3-4-9-21(17)31-27(35)24-18(2)30-28-32-26(20-8-5-12-29-16-20)33-34(28)25(24)19-10-11-22-23(15-19)37-14-6-13-36-22/h3-5,7-12,15-16,25H,6,13-14H2,1-2H3,(H,31,35)(H,30,32,33). The van der Waals surface area contributed by atoms with Crippen molar-refractivity contribution in [3.05, 3.63) is 89.4 Å². The highest BCUT2D eigenvalue weighted by molar-refractivity contribution is 6.06. The molecule has 2 aromatic carbocycles. The molecule has 37 heavy (non-hydrogen) atoms. The third-order valence-corrected chi connectivity index (χ3v) is 6.50. The van der Waals surface area contributed by atoms with Gasteiger partial charge in [0.05, 0.1) is 18.8 Å². The Labute approximate surface area is 214 Å². The van der Waals surface area contributed by atoms with Crippen molar-refractivity contribution in [3.63, 3.8) is 0 Å². The maximum Gasteiger partial charge on any atom is 0.255 e. The molecule has 0 radical (unpaired) electrons. The number of allylic oxidation sites excluding steroid dienone is 1. The second kappa shape index (κ2) is 9.42. The maximum atomic E-state index is 13.8. The van der Waals surface area contributed by atoms with Gasteiger partial charge in [-0.2, -0.15) is 4.98 Å². The third kappa shape index (κ3) is 4.29. The largest absolute Gasteiger partial charge is 0.490 e. The molecular weight excluding hydrogens is 468 g/mol. The number of pyridine rings is 1. The predicted molar refractivity (Wildman–Crippen MR) is 140 cm³/mol. The molecule has 2 aliphatic rings. The van der Waals surface area contributed by atoms with Crippen molar-refractivity contribution in [1.82, 2.24) is 19.7 Å². The summed E-state index contributed by atoms with van der Waals surface area (Å²) in [6.07, 6.45) is 4.23. The van der Waals surface area contributed by atoms with Gasteiger partial charge in [0.15, 0.2) is 17.3 Å². The maximum absolute atomic E-state index is 13.8. The van der Waals surface area contributed by atoms with Crippen LogP contribution in [0.2, 0.25) is 0 Å². The van der Waals surface area contributed by atoms with E-state index < -0.39 is 6.04 Å². The monoisotopic (exact) mass is 494 g/mol. The Morgan fingerprint density at radius 3 is 2.70 bits per heavy atom. The van der Waals surface area contributed by atoms with Crippen LogP contribution in [0.4, 0.5) is 11.6 Å². The van der Waals surface area contributed by atoms with Crippen LogP contribution in [-0.4, -0.2) is 38.9 Å². The zero-order valence-corrected chi connectivity index (χ0v) is 20.6. The molecule has 1 unspecified atom stereocenters. The summed E-state index contributed by atoms with van der Waals surface area (Å²) in [5.41, 5.74) is 4.58. The Hall–Kier alpha value is -4.66. The number of anilines is 2. The van der Waals surface area contributed by atoms with Crippen LogP contribution in [-0.2, 0) is 4.79 Å². The lowest BCUT2D eigenvalue weighted by molar-refractivity contribution is -0.113. The van der Waals surface area contributed by atoms with Gasteiger partial charge in [-0.15, -0.1) is 5.10 Å². The van der Waals surface area contributed by atoms with Gasteiger partial charge in [0.1, 0.15) is 6.04 Å². The molecule has 9 heteroatoms. The first-order valence-electron chi connectivity index (χ1n) is 12.2. The van der Waals surface area contributed by atoms with Gasteiger partial charge in [-0.25, -0.2) is 4.68 Å². The molecular formula is C28H26N6O3. The van der Waals surface area contributed by atoms with E-state index in [0.717, 1.165) is 28.8 Å². The third-order valence-electron chi connectivity index (χ3n) is 6.50. The van der Waals surface area contributed by atoms with Crippen molar-refractivity contribution in [3.8, 4) is 22.9 Å². The number of nitrogens with one attached hydrogen (secondary N) is 2. The summed E-state index contributed by atoms with van der Waals surface area (Å²) in [7, 11) is 0. The number of para-hydroxylation sites is 1. The van der Waals surface area contributed by atoms with Crippen molar-refractivity contribution in [2.24, 2.45) is 0 Å². The number of fused-ring (bicyclic) bond motifs is 2. The molecule has 186 valence electrons. The second-order valence-electron chi connectivity index (χ2n) is 9.04. The fourth-order valence-electron chi connectivity index (χ4n) is 4.62. The first kappa shape index (κ1) is 22.8. The van der Waals surface area contributed by atoms with Crippen LogP contribution in [0.25, 0.3) is 11.4 Å². The number of nitrogens with zero attached hydrogens (tertiary/aromatic N) is 4. The van der Waals surface area contributed by atoms with Gasteiger partial charge in [-0.3, -0.25) is 9.78 Å². The molecule has 9 nitrogen and oxygen atoms in total. The summed E-state index contributed by atoms with van der Waals surface area (Å²) >= 11 is 0. The van der Waals surface area contributed by atoms with Crippen LogP contribution in [0.3, 0.4) is 0 Å². The minimum Gasteiger partial charge on any atom is -0.490 e. The van der Waals surface area contributed by atoms with Crippen molar-refractivity contribution < 1.29 is 14.3 Å². The van der Waals surface area contributed by atoms with Crippen molar-refractivity contribution >= 4 is 17.5 Å². The molecule has 0 saturated carbocycles. The Kier molecular flexibility index (Phi) is 5.80. The lowest BCUT2D eigenvalue weighted by Crippen LogP contribution is -2.31. The number of benzene rings is 2. The van der Waals surface area contributed by atoms with Crippen molar-refractivity contribution in [1.29, 1.82) is 0 Å². The van der Waals surface area contributed by atoms with Crippen LogP contribution in [0.1, 0.15) is 30.5 Å². The lowest BCUT2D eigenvalue weighted by atomic mass is 9.94. The zero-order chi connectivity index (χ0) is 25.4. The van der Waals surface area contributed by atoms with E-state index in [1.807, 2.05) is 68.4 Å². The number of aromatic nitrogens is 4. The quantitative estimate of drug-likeness (QED) is 0.422. The molecule has 4 heterocycles. The van der Waals surface area contributed by atoms with Gasteiger partial charge < -0.3 is 20.1 Å². The van der Waals surface area contributed by atoms with Gasteiger partial charge in [0.2, 0.25) is 5.95 Å². The highest BCUT2D eigenvalue weighted by Gasteiger charge is 2.35. The molecule has 2 aromatic heterocycles. The second-order valence-corrected chi connectivity index (χ2v) is 9.04. The molecule has 0 aliphatic carbocycles. The number of aryl methyl sites for hydroxylation is 1. The molecule has 2 aliphatic heterocycles. The molecule has 0 fully saturated rings. The molecule has 0 spiro atoms. The molecule has 1 amide bonds. The van der Waals surface area contributed by atoms with Gasteiger partial charge in [0.25, 0.3) is 5.91 Å². The number of carbonyl (C=O) groups is 1. The van der Waals surface area contributed by atoms with Gasteiger partial charge in [-0.1, -0.05) is 24.3 Å². The molecule has 6 rings (SSSR count). The zero-order valence-electron chi connectivity index (χ0n) is 20.6. The molecule has 0 bridgehead atoms. The normalized spacial score (nSPS) is 16.4. The van der Waals surface area contributed by atoms with Crippen LogP contribution >= 0.6 is 0 Å². The Bertz CT molecular complexity index is 1510. The van der Waals surface area contributed by atoms with E-state index >= 15 is 0 Å². The van der Waals surface area contributed by atoms with Crippen LogP contribution in [0.15, 0.2) is 78.3 Å². The summed E-state index contributed by atoms with van der Waals surface area (Å²) in [6.45, 7) is 5.01. The first-order valence-corrected chi connectivity index (χ1v) is 12.2. The Balaban J connectivity index is 1.46. The minimum atomic E-state index is -0.546. The number of ether oxygens (including phenoxy) is 2. The van der Waals surface area contributed by atoms with E-state index in [1.54, 1.807) is 17.1 Å². The Morgan fingerprint density at radius 1 is 1.05 bits per heavy atom. The Morgan fingerprint density at radius 2 is 1.89 bits per heavy atom. The van der Waals surface area contributed by atoms with Crippen molar-refractivity contribution in [2.75, 3.05) is 23.8 Å². The van der Waals surface area contributed by atoms with E-state index in [-0.39, 0.29) is 5.91 Å². The topological polar surface area (TPSA) is 103 Å². The van der Waals surface area contributed by atoms with E-state index in [1.165, 1.54) is 0 Å². The summed E-state index contributed by atoms with van der Waals surface area (Å²) in [5.74, 6) is 2.18. The fraction of sp³-hybridized carbons (Fsp3) is 0.214. The van der Waals surface area contributed by atoms with E-state index in [2.05, 4.69) is 15.6 Å². The van der Waals surface area contributed by atoms with E-state index in [4.69, 9.17) is 19.6 Å². The highest BCUT2D eigenvalue weighted by Crippen LogP contribution is 2.40. The molecule has 0 saturated heterocycles. The average molecular weight is 495 g/mol. The summed E-state index contributed by atoms with van der Waals surface area (Å²) in [4.78, 5) is 22.7. The molecule has 4 aromatic rings. The van der Waals surface area contributed by atoms with Gasteiger partial charge in [0, 0.05) is 35.8 Å². The minimum absolute atomic E-state index is 0.222. The summed E-state index contributed by atoms with van der Waals surface area (Å²) in [6, 6.07) is 16.7. The molecule has 2 N–H and O–H groups in total. The summed E-state index contributed by atoms with van der Waals surface area (Å²) < 4.78 is 13.6. The number of hydrogen-bond acceptors (Lipinski definition) is 7. The highest BCUT2D eigenvalue weighted by atomic mass is 16.5. The SMILES string of the molecule is CC1=C(C(=O)Nc2ccccc2C)C(c2ccc3c(c2)OCCCO3)n2nc(-c3cccnc3)nc2N1. The molecule has 1 atom stereocenters. The number of carbonyl (C=O) groups excluding carboxylic acids is 1. The van der Waals surface area contributed by atoms with E-state index in [9.17, 15) is 4.79 Å². The van der Waals surface area contributed by atoms with Crippen LogP contribution in [0.5, 0.6) is 11.5 Å². The first-order chi connectivity index (χ1) is 18.1. The number of hydrogen-bond donors (Lipinski definition) is 2. The lowest BCUT2D eigenvalue weighted by Gasteiger charge is -2.29. The average Bonchev–Trinajstić information content (AvgIpc) is 3.19. The predicted octanol–water partition coefficient (Wildman–Crippen LogP) is 4.74. The fourth-order valence-corrected chi connectivity index (χ4v) is 4.62. The van der Waals surface area contributed by atoms with Crippen LogP contribution < -0.4 is 20.1 Å². The van der Waals surface area contributed by atoms with Crippen molar-refractivity contribution in [2.45, 2.75) is 26.3 Å². The van der Waals surface area contributed by atoms with Crippen LogP contribution in [0, 0.1) is 6.92 Å². The van der Waals surface area contributed by atoms with E-state index in [0.29, 0.717) is 47.8 Å². The smallest absolute Gasteiger partial charge is 0.255 e. The van der Waals surface area contributed by atoms with Gasteiger partial charge >= 0.3 is 0 Å². The number of rotatable bonds is 4. The summed E-state index contributed by atoms with van der Waals surface area (Å²) in [5, 5.41) is 11.2. The van der Waals surface area contributed by atoms with Gasteiger partial charge in [-0.05, 0) is 55.3 Å².